The van der Waals surface area contributed by atoms with Crippen molar-refractivity contribution in [3.63, 3.8) is 0 Å². The van der Waals surface area contributed by atoms with Crippen LogP contribution in [-0.4, -0.2) is 24.5 Å². The minimum atomic E-state index is 0.146. The Morgan fingerprint density at radius 3 is 2.71 bits per heavy atom. The molecule has 2 rings (SSSR count). The van der Waals surface area contributed by atoms with Crippen molar-refractivity contribution in [2.75, 3.05) is 13.6 Å². The summed E-state index contributed by atoms with van der Waals surface area (Å²) in [5, 5.41) is 0. The number of benzene rings is 1. The van der Waals surface area contributed by atoms with Crippen molar-refractivity contribution in [3.8, 4) is 0 Å². The highest BCUT2D eigenvalue weighted by Gasteiger charge is 2.28. The molecular formula is C14H21BrN2. The Bertz CT molecular complexity index is 374. The second-order valence-electron chi connectivity index (χ2n) is 5.24. The first kappa shape index (κ1) is 13.1. The van der Waals surface area contributed by atoms with Gasteiger partial charge in [0.2, 0.25) is 0 Å². The van der Waals surface area contributed by atoms with E-state index in [0.29, 0.717) is 6.04 Å². The highest BCUT2D eigenvalue weighted by Crippen LogP contribution is 2.33. The third-order valence-electron chi connectivity index (χ3n) is 3.41. The molecule has 0 aliphatic heterocycles. The minimum Gasteiger partial charge on any atom is -0.326 e. The summed E-state index contributed by atoms with van der Waals surface area (Å²) in [5.41, 5.74) is 7.46. The number of hydrogen-bond donors (Lipinski definition) is 1. The molecule has 0 radical (unpaired) electrons. The molecule has 0 amide bonds. The van der Waals surface area contributed by atoms with Crippen LogP contribution in [0.5, 0.6) is 0 Å². The van der Waals surface area contributed by atoms with Gasteiger partial charge in [0.15, 0.2) is 0 Å². The molecule has 2 nitrogen and oxygen atoms in total. The molecule has 2 atom stereocenters. The van der Waals surface area contributed by atoms with Crippen LogP contribution in [0.4, 0.5) is 0 Å². The molecule has 1 aliphatic rings. The van der Waals surface area contributed by atoms with E-state index in [4.69, 9.17) is 5.73 Å². The van der Waals surface area contributed by atoms with Crippen LogP contribution < -0.4 is 5.73 Å². The molecule has 94 valence electrons. The van der Waals surface area contributed by atoms with Crippen molar-refractivity contribution >= 4 is 15.9 Å². The molecule has 1 saturated carbocycles. The maximum absolute atomic E-state index is 6.16. The molecular weight excluding hydrogens is 276 g/mol. The summed E-state index contributed by atoms with van der Waals surface area (Å²) < 4.78 is 1.13. The normalized spacial score (nSPS) is 19.4. The van der Waals surface area contributed by atoms with Gasteiger partial charge < -0.3 is 5.73 Å². The van der Waals surface area contributed by atoms with Crippen LogP contribution in [0.2, 0.25) is 0 Å². The Labute approximate surface area is 112 Å². The molecule has 1 fully saturated rings. The summed E-state index contributed by atoms with van der Waals surface area (Å²) in [7, 11) is 2.19. The molecule has 1 aliphatic carbocycles. The summed E-state index contributed by atoms with van der Waals surface area (Å²) in [4.78, 5) is 2.41. The van der Waals surface area contributed by atoms with Gasteiger partial charge in [0.25, 0.3) is 0 Å². The van der Waals surface area contributed by atoms with Crippen LogP contribution in [-0.2, 0) is 0 Å². The van der Waals surface area contributed by atoms with Gasteiger partial charge in [-0.05, 0) is 50.4 Å². The van der Waals surface area contributed by atoms with E-state index < -0.39 is 0 Å². The maximum atomic E-state index is 6.16. The molecule has 1 aromatic carbocycles. The van der Waals surface area contributed by atoms with E-state index in [1.54, 1.807) is 0 Å². The predicted octanol–water partition coefficient (Wildman–Crippen LogP) is 3.18. The number of likely N-dealkylation sites (N-methyl/N-ethyl adjacent to an activating group) is 1. The van der Waals surface area contributed by atoms with Gasteiger partial charge in [0, 0.05) is 23.1 Å². The third-order valence-corrected chi connectivity index (χ3v) is 3.90. The van der Waals surface area contributed by atoms with Gasteiger partial charge >= 0.3 is 0 Å². The van der Waals surface area contributed by atoms with E-state index >= 15 is 0 Å². The first-order valence-electron chi connectivity index (χ1n) is 6.29. The largest absolute Gasteiger partial charge is 0.326 e. The number of nitrogens with two attached hydrogens (primary N) is 1. The van der Waals surface area contributed by atoms with E-state index in [9.17, 15) is 0 Å². The predicted molar refractivity (Wildman–Crippen MR) is 75.9 cm³/mol. The molecule has 17 heavy (non-hydrogen) atoms. The second-order valence-corrected chi connectivity index (χ2v) is 6.16. The van der Waals surface area contributed by atoms with Crippen LogP contribution in [0.25, 0.3) is 0 Å². The molecule has 2 N–H and O–H groups in total. The zero-order valence-electron chi connectivity index (χ0n) is 10.6. The molecule has 0 bridgehead atoms. The van der Waals surface area contributed by atoms with Gasteiger partial charge in [0.05, 0.1) is 0 Å². The lowest BCUT2D eigenvalue weighted by Gasteiger charge is -2.31. The summed E-state index contributed by atoms with van der Waals surface area (Å²) in [6.07, 6.45) is 2.77. The lowest BCUT2D eigenvalue weighted by Crippen LogP contribution is -2.38. The fourth-order valence-corrected chi connectivity index (χ4v) is 2.89. The van der Waals surface area contributed by atoms with Crippen molar-refractivity contribution < 1.29 is 0 Å². The SMILES string of the molecule is CC(N)C(c1cccc(Br)c1)N(C)CC1CC1. The highest BCUT2D eigenvalue weighted by molar-refractivity contribution is 9.10. The average molecular weight is 297 g/mol. The van der Waals surface area contributed by atoms with Crippen LogP contribution in [0.15, 0.2) is 28.7 Å². The monoisotopic (exact) mass is 296 g/mol. The smallest absolute Gasteiger partial charge is 0.0494 e. The van der Waals surface area contributed by atoms with E-state index in [-0.39, 0.29) is 6.04 Å². The van der Waals surface area contributed by atoms with Crippen LogP contribution in [0.3, 0.4) is 0 Å². The van der Waals surface area contributed by atoms with E-state index in [0.717, 1.165) is 10.4 Å². The van der Waals surface area contributed by atoms with E-state index in [2.05, 4.69) is 59.1 Å². The fourth-order valence-electron chi connectivity index (χ4n) is 2.47. The first-order valence-corrected chi connectivity index (χ1v) is 7.08. The molecule has 0 aromatic heterocycles. The van der Waals surface area contributed by atoms with E-state index in [1.807, 2.05) is 0 Å². The van der Waals surface area contributed by atoms with Crippen molar-refractivity contribution in [2.24, 2.45) is 11.7 Å². The maximum Gasteiger partial charge on any atom is 0.0494 e. The van der Waals surface area contributed by atoms with Gasteiger partial charge in [-0.1, -0.05) is 28.1 Å². The zero-order chi connectivity index (χ0) is 12.4. The van der Waals surface area contributed by atoms with Crippen LogP contribution in [0, 0.1) is 5.92 Å². The summed E-state index contributed by atoms with van der Waals surface area (Å²) >= 11 is 3.53. The van der Waals surface area contributed by atoms with Crippen LogP contribution >= 0.6 is 15.9 Å². The Hall–Kier alpha value is -0.380. The van der Waals surface area contributed by atoms with Crippen molar-refractivity contribution in [1.82, 2.24) is 4.90 Å². The molecule has 0 spiro atoms. The van der Waals surface area contributed by atoms with E-state index in [1.165, 1.54) is 24.9 Å². The van der Waals surface area contributed by atoms with Gasteiger partial charge in [-0.25, -0.2) is 0 Å². The molecule has 0 heterocycles. The summed E-state index contributed by atoms with van der Waals surface area (Å²) in [6.45, 7) is 3.26. The van der Waals surface area contributed by atoms with Gasteiger partial charge in [0.1, 0.15) is 0 Å². The number of nitrogens with zero attached hydrogens (tertiary/aromatic N) is 1. The lowest BCUT2D eigenvalue weighted by atomic mass is 9.99. The quantitative estimate of drug-likeness (QED) is 0.904. The Balaban J connectivity index is 2.15. The minimum absolute atomic E-state index is 0.146. The average Bonchev–Trinajstić information content (AvgIpc) is 3.01. The summed E-state index contributed by atoms with van der Waals surface area (Å²) in [6, 6.07) is 8.95. The lowest BCUT2D eigenvalue weighted by molar-refractivity contribution is 0.211. The van der Waals surface area contributed by atoms with Gasteiger partial charge in [-0.15, -0.1) is 0 Å². The van der Waals surface area contributed by atoms with Crippen molar-refractivity contribution in [2.45, 2.75) is 31.8 Å². The number of hydrogen-bond acceptors (Lipinski definition) is 2. The number of rotatable bonds is 5. The van der Waals surface area contributed by atoms with Crippen molar-refractivity contribution in [3.05, 3.63) is 34.3 Å². The second kappa shape index (κ2) is 5.51. The number of halogens is 1. The fraction of sp³-hybridized carbons (Fsp3) is 0.571. The Morgan fingerprint density at radius 2 is 2.18 bits per heavy atom. The standard InChI is InChI=1S/C14H21BrN2/c1-10(16)14(17(2)9-11-6-7-11)12-4-3-5-13(15)8-12/h3-5,8,10-11,14H,6-7,9,16H2,1-2H3. The Kier molecular flexibility index (Phi) is 4.23. The van der Waals surface area contributed by atoms with Crippen LogP contribution in [0.1, 0.15) is 31.4 Å². The highest BCUT2D eigenvalue weighted by atomic mass is 79.9. The summed E-state index contributed by atoms with van der Waals surface area (Å²) in [5.74, 6) is 0.897. The third kappa shape index (κ3) is 3.54. The van der Waals surface area contributed by atoms with Gasteiger partial charge in [-0.3, -0.25) is 4.90 Å². The Morgan fingerprint density at radius 1 is 1.47 bits per heavy atom. The van der Waals surface area contributed by atoms with Gasteiger partial charge in [-0.2, -0.15) is 0 Å². The molecule has 3 heteroatoms. The zero-order valence-corrected chi connectivity index (χ0v) is 12.2. The first-order chi connectivity index (χ1) is 8.08. The molecule has 1 aromatic rings. The molecule has 2 unspecified atom stereocenters. The molecule has 0 saturated heterocycles. The topological polar surface area (TPSA) is 29.3 Å². The van der Waals surface area contributed by atoms with Crippen molar-refractivity contribution in [1.29, 1.82) is 0 Å².